The number of aryl methyl sites for hydroxylation is 1. The molecule has 1 aromatic heterocycles. The lowest BCUT2D eigenvalue weighted by molar-refractivity contribution is 0.0917. The van der Waals surface area contributed by atoms with Gasteiger partial charge in [-0.1, -0.05) is 0 Å². The second-order valence-corrected chi connectivity index (χ2v) is 5.11. The van der Waals surface area contributed by atoms with Crippen LogP contribution >= 0.6 is 0 Å². The van der Waals surface area contributed by atoms with Gasteiger partial charge in [0.25, 0.3) is 0 Å². The minimum absolute atomic E-state index is 0.430. The van der Waals surface area contributed by atoms with Crippen LogP contribution < -0.4 is 5.14 Å². The molecule has 1 aromatic rings. The van der Waals surface area contributed by atoms with Gasteiger partial charge in [0.15, 0.2) is 5.82 Å². The van der Waals surface area contributed by atoms with Crippen molar-refractivity contribution in [3.63, 3.8) is 0 Å². The van der Waals surface area contributed by atoms with E-state index in [2.05, 4.69) is 10.1 Å². The van der Waals surface area contributed by atoms with Crippen LogP contribution in [-0.2, 0) is 21.8 Å². The van der Waals surface area contributed by atoms with E-state index >= 15 is 0 Å². The first kappa shape index (κ1) is 12.1. The zero-order valence-electron chi connectivity index (χ0n) is 8.78. The molecule has 1 rings (SSSR count). The van der Waals surface area contributed by atoms with Crippen LogP contribution in [0.5, 0.6) is 0 Å². The molecular weight excluding hydrogens is 220 g/mol. The van der Waals surface area contributed by atoms with Crippen molar-refractivity contribution < 1.29 is 13.2 Å². The van der Waals surface area contributed by atoms with Crippen molar-refractivity contribution in [1.29, 1.82) is 0 Å². The number of rotatable bonds is 4. The van der Waals surface area contributed by atoms with Crippen molar-refractivity contribution in [3.05, 3.63) is 12.2 Å². The summed E-state index contributed by atoms with van der Waals surface area (Å²) in [6.07, 6.45) is 0.615. The molecule has 0 spiro atoms. The Morgan fingerprint density at radius 1 is 1.60 bits per heavy atom. The lowest BCUT2D eigenvalue weighted by atomic mass is 10.2. The first-order chi connectivity index (χ1) is 6.88. The minimum Gasteiger partial charge on any atom is -0.372 e. The minimum atomic E-state index is -3.66. The van der Waals surface area contributed by atoms with E-state index in [1.54, 1.807) is 7.05 Å². The quantitative estimate of drug-likeness (QED) is 0.733. The van der Waals surface area contributed by atoms with E-state index in [9.17, 15) is 8.42 Å². The van der Waals surface area contributed by atoms with E-state index in [1.807, 2.05) is 0 Å². The van der Waals surface area contributed by atoms with Gasteiger partial charge in [-0.15, -0.1) is 0 Å². The summed E-state index contributed by atoms with van der Waals surface area (Å²) in [5.74, 6) is 0.430. The summed E-state index contributed by atoms with van der Waals surface area (Å²) in [6.45, 7) is 1.47. The average Bonchev–Trinajstić information content (AvgIpc) is 2.52. The molecule has 0 radical (unpaired) electrons. The van der Waals surface area contributed by atoms with Gasteiger partial charge >= 0.3 is 0 Å². The molecule has 2 atom stereocenters. The van der Waals surface area contributed by atoms with Crippen molar-refractivity contribution in [2.45, 2.75) is 18.3 Å². The zero-order valence-corrected chi connectivity index (χ0v) is 9.60. The van der Waals surface area contributed by atoms with Crippen LogP contribution in [-0.4, -0.2) is 35.5 Å². The van der Waals surface area contributed by atoms with Gasteiger partial charge in [0.2, 0.25) is 10.0 Å². The van der Waals surface area contributed by atoms with Crippen LogP contribution in [0.25, 0.3) is 0 Å². The van der Waals surface area contributed by atoms with E-state index in [0.29, 0.717) is 5.82 Å². The van der Waals surface area contributed by atoms with E-state index < -0.39 is 21.4 Å². The van der Waals surface area contributed by atoms with Crippen molar-refractivity contribution in [1.82, 2.24) is 14.8 Å². The molecule has 0 amide bonds. The van der Waals surface area contributed by atoms with E-state index in [0.717, 1.165) is 0 Å². The van der Waals surface area contributed by atoms with Gasteiger partial charge < -0.3 is 4.74 Å². The Balaban J connectivity index is 3.06. The summed E-state index contributed by atoms with van der Waals surface area (Å²) in [4.78, 5) is 3.93. The molecule has 0 aliphatic carbocycles. The Morgan fingerprint density at radius 3 is 2.53 bits per heavy atom. The number of ether oxygens (including phenoxy) is 1. The fourth-order valence-corrected chi connectivity index (χ4v) is 1.82. The topological polar surface area (TPSA) is 100 Å². The molecule has 8 heteroatoms. The van der Waals surface area contributed by atoms with E-state index in [4.69, 9.17) is 9.88 Å². The number of nitrogens with zero attached hydrogens (tertiary/aromatic N) is 3. The lowest BCUT2D eigenvalue weighted by Crippen LogP contribution is -2.33. The summed E-state index contributed by atoms with van der Waals surface area (Å²) in [6, 6.07) is 0. The van der Waals surface area contributed by atoms with Crippen molar-refractivity contribution in [2.75, 3.05) is 7.11 Å². The van der Waals surface area contributed by atoms with Gasteiger partial charge in [-0.25, -0.2) is 18.5 Å². The van der Waals surface area contributed by atoms with Crippen LogP contribution in [0.3, 0.4) is 0 Å². The molecular formula is C7H14N4O3S. The first-order valence-electron chi connectivity index (χ1n) is 4.26. The number of methoxy groups -OCH3 is 1. The van der Waals surface area contributed by atoms with Gasteiger partial charge in [-0.05, 0) is 6.92 Å². The lowest BCUT2D eigenvalue weighted by Gasteiger charge is -2.19. The summed E-state index contributed by atoms with van der Waals surface area (Å²) in [5.41, 5.74) is 0. The SMILES string of the molecule is COC(c1ncnn1C)C(C)S(N)(=O)=O. The zero-order chi connectivity index (χ0) is 11.6. The predicted octanol–water partition coefficient (Wildman–Crippen LogP) is -0.820. The van der Waals surface area contributed by atoms with E-state index in [1.165, 1.54) is 25.0 Å². The molecule has 0 aliphatic heterocycles. The van der Waals surface area contributed by atoms with E-state index in [-0.39, 0.29) is 0 Å². The summed E-state index contributed by atoms with van der Waals surface area (Å²) < 4.78 is 28.9. The van der Waals surface area contributed by atoms with Crippen LogP contribution in [0, 0.1) is 0 Å². The fraction of sp³-hybridized carbons (Fsp3) is 0.714. The number of nitrogens with two attached hydrogens (primary N) is 1. The summed E-state index contributed by atoms with van der Waals surface area (Å²) >= 11 is 0. The van der Waals surface area contributed by atoms with Gasteiger partial charge in [0.1, 0.15) is 17.7 Å². The monoisotopic (exact) mass is 234 g/mol. The Morgan fingerprint density at radius 2 is 2.20 bits per heavy atom. The molecule has 86 valence electrons. The Kier molecular flexibility index (Phi) is 3.42. The number of hydrogen-bond acceptors (Lipinski definition) is 5. The van der Waals surface area contributed by atoms with Gasteiger partial charge in [0, 0.05) is 14.2 Å². The highest BCUT2D eigenvalue weighted by atomic mass is 32.2. The highest BCUT2D eigenvalue weighted by Crippen LogP contribution is 2.21. The molecule has 0 aliphatic rings. The van der Waals surface area contributed by atoms with Crippen molar-refractivity contribution >= 4 is 10.0 Å². The molecule has 7 nitrogen and oxygen atoms in total. The van der Waals surface area contributed by atoms with Crippen molar-refractivity contribution in [2.24, 2.45) is 12.2 Å². The molecule has 0 bridgehead atoms. The van der Waals surface area contributed by atoms with Crippen LogP contribution in [0.1, 0.15) is 18.9 Å². The average molecular weight is 234 g/mol. The third kappa shape index (κ3) is 2.52. The Labute approximate surface area is 88.3 Å². The normalized spacial score (nSPS) is 16.3. The molecule has 0 saturated carbocycles. The molecule has 0 fully saturated rings. The first-order valence-corrected chi connectivity index (χ1v) is 5.87. The van der Waals surface area contributed by atoms with Crippen LogP contribution in [0.2, 0.25) is 0 Å². The number of primary sulfonamides is 1. The van der Waals surface area contributed by atoms with Crippen LogP contribution in [0.15, 0.2) is 6.33 Å². The molecule has 1 heterocycles. The Bertz CT molecular complexity index is 427. The van der Waals surface area contributed by atoms with Gasteiger partial charge in [-0.3, -0.25) is 4.68 Å². The fourth-order valence-electron chi connectivity index (χ4n) is 1.24. The second kappa shape index (κ2) is 4.25. The third-order valence-electron chi connectivity index (χ3n) is 2.20. The molecule has 15 heavy (non-hydrogen) atoms. The van der Waals surface area contributed by atoms with Crippen LogP contribution in [0.4, 0.5) is 0 Å². The maximum atomic E-state index is 11.2. The molecule has 2 unspecified atom stereocenters. The van der Waals surface area contributed by atoms with Crippen molar-refractivity contribution in [3.8, 4) is 0 Å². The highest BCUT2D eigenvalue weighted by Gasteiger charge is 2.30. The second-order valence-electron chi connectivity index (χ2n) is 3.19. The maximum absolute atomic E-state index is 11.2. The number of aromatic nitrogens is 3. The highest BCUT2D eigenvalue weighted by molar-refractivity contribution is 7.89. The largest absolute Gasteiger partial charge is 0.372 e. The number of hydrogen-bond donors (Lipinski definition) is 1. The molecule has 0 aromatic carbocycles. The molecule has 2 N–H and O–H groups in total. The third-order valence-corrected chi connectivity index (χ3v) is 3.48. The summed E-state index contributed by atoms with van der Waals surface area (Å²) in [5, 5.41) is 8.02. The maximum Gasteiger partial charge on any atom is 0.214 e. The van der Waals surface area contributed by atoms with Gasteiger partial charge in [-0.2, -0.15) is 5.10 Å². The smallest absolute Gasteiger partial charge is 0.214 e. The predicted molar refractivity (Wildman–Crippen MR) is 53.3 cm³/mol. The summed E-state index contributed by atoms with van der Waals surface area (Å²) in [7, 11) is -0.602. The van der Waals surface area contributed by atoms with Gasteiger partial charge in [0.05, 0.1) is 0 Å². The number of sulfonamides is 1. The molecule has 0 saturated heterocycles. The Hall–Kier alpha value is -0.990. The standard InChI is InChI=1S/C7H14N4O3S/c1-5(15(8,12)13)6(14-3)7-9-4-10-11(7)2/h4-6H,1-3H3,(H2,8,12,13).